The molecule has 0 aromatic carbocycles. The largest absolute Gasteiger partial charge is 0.344 e. The summed E-state index contributed by atoms with van der Waals surface area (Å²) in [6.07, 6.45) is 1.65. The number of anilines is 1. The molecular weight excluding hydrogens is 242 g/mol. The van der Waals surface area contributed by atoms with Gasteiger partial charge in [0.05, 0.1) is 5.69 Å². The molecule has 0 saturated carbocycles. The summed E-state index contributed by atoms with van der Waals surface area (Å²) in [5, 5.41) is 2.79. The van der Waals surface area contributed by atoms with Gasteiger partial charge in [-0.1, -0.05) is 0 Å². The summed E-state index contributed by atoms with van der Waals surface area (Å²) in [6.45, 7) is 4.40. The number of aryl methyl sites for hydroxylation is 2. The van der Waals surface area contributed by atoms with Crippen LogP contribution in [-0.4, -0.2) is 15.0 Å². The molecule has 0 aliphatic carbocycles. The third-order valence-electron chi connectivity index (χ3n) is 3.19. The first-order valence-electron chi connectivity index (χ1n) is 6.17. The van der Waals surface area contributed by atoms with Gasteiger partial charge >= 0.3 is 0 Å². The number of carbonyl (C=O) groups is 1. The van der Waals surface area contributed by atoms with Crippen molar-refractivity contribution in [2.24, 2.45) is 7.05 Å². The zero-order chi connectivity index (χ0) is 14.0. The number of aromatic nitrogens is 2. The van der Waals surface area contributed by atoms with Crippen molar-refractivity contribution >= 4 is 11.6 Å². The van der Waals surface area contributed by atoms with Gasteiger partial charge in [-0.2, -0.15) is 0 Å². The average Bonchev–Trinajstić information content (AvgIpc) is 2.72. The van der Waals surface area contributed by atoms with Gasteiger partial charge in [0.1, 0.15) is 5.69 Å². The van der Waals surface area contributed by atoms with E-state index in [0.29, 0.717) is 17.9 Å². The summed E-state index contributed by atoms with van der Waals surface area (Å²) < 4.78 is 3.37. The minimum absolute atomic E-state index is 0.0739. The van der Waals surface area contributed by atoms with Gasteiger partial charge in [-0.05, 0) is 32.0 Å². The van der Waals surface area contributed by atoms with Crippen LogP contribution in [-0.2, 0) is 13.6 Å². The maximum Gasteiger partial charge on any atom is 0.272 e. The Bertz CT molecular complexity index is 668. The highest BCUT2D eigenvalue weighted by Gasteiger charge is 2.11. The van der Waals surface area contributed by atoms with Gasteiger partial charge in [0.2, 0.25) is 0 Å². The van der Waals surface area contributed by atoms with Gasteiger partial charge in [-0.25, -0.2) is 0 Å². The first-order valence-corrected chi connectivity index (χ1v) is 6.17. The van der Waals surface area contributed by atoms with Crippen LogP contribution >= 0.6 is 0 Å². The van der Waals surface area contributed by atoms with E-state index < -0.39 is 0 Å². The maximum absolute atomic E-state index is 12.1. The molecule has 0 saturated heterocycles. The van der Waals surface area contributed by atoms with Crippen molar-refractivity contribution < 1.29 is 4.79 Å². The van der Waals surface area contributed by atoms with Crippen molar-refractivity contribution in [2.45, 2.75) is 20.4 Å². The van der Waals surface area contributed by atoms with Crippen molar-refractivity contribution in [1.82, 2.24) is 9.13 Å². The molecule has 0 unspecified atom stereocenters. The second kappa shape index (κ2) is 5.14. The molecule has 5 heteroatoms. The lowest BCUT2D eigenvalue weighted by Gasteiger charge is -2.09. The monoisotopic (exact) mass is 259 g/mol. The molecule has 0 aliphatic heterocycles. The van der Waals surface area contributed by atoms with Crippen LogP contribution in [0.15, 0.2) is 35.3 Å². The molecule has 2 aromatic rings. The van der Waals surface area contributed by atoms with E-state index in [-0.39, 0.29) is 11.5 Å². The predicted octanol–water partition coefficient (Wildman–Crippen LogP) is 1.77. The summed E-state index contributed by atoms with van der Waals surface area (Å²) in [5.74, 6) is -0.183. The summed E-state index contributed by atoms with van der Waals surface area (Å²) in [6, 6.07) is 6.74. The Kier molecular flexibility index (Phi) is 3.55. The smallest absolute Gasteiger partial charge is 0.272 e. The van der Waals surface area contributed by atoms with E-state index in [1.54, 1.807) is 22.9 Å². The zero-order valence-electron chi connectivity index (χ0n) is 11.3. The maximum atomic E-state index is 12.1. The molecule has 5 nitrogen and oxygen atoms in total. The van der Waals surface area contributed by atoms with Gasteiger partial charge < -0.3 is 14.5 Å². The predicted molar refractivity (Wildman–Crippen MR) is 74.5 cm³/mol. The minimum Gasteiger partial charge on any atom is -0.344 e. The second-order valence-electron chi connectivity index (χ2n) is 4.42. The molecule has 0 fully saturated rings. The van der Waals surface area contributed by atoms with Crippen LogP contribution in [0, 0.1) is 6.92 Å². The summed E-state index contributed by atoms with van der Waals surface area (Å²) in [4.78, 5) is 23.6. The topological polar surface area (TPSA) is 56.0 Å². The SMILES string of the molecule is CCn1cc(NC(=O)c2ccc(C)n2C)ccc1=O. The molecular formula is C14H17N3O2. The molecule has 0 spiro atoms. The fourth-order valence-corrected chi connectivity index (χ4v) is 1.89. The quantitative estimate of drug-likeness (QED) is 0.913. The van der Waals surface area contributed by atoms with Crippen LogP contribution in [0.2, 0.25) is 0 Å². The van der Waals surface area contributed by atoms with Gasteiger partial charge in [-0.15, -0.1) is 0 Å². The van der Waals surface area contributed by atoms with Gasteiger partial charge in [0.25, 0.3) is 11.5 Å². The van der Waals surface area contributed by atoms with E-state index in [1.807, 2.05) is 31.5 Å². The van der Waals surface area contributed by atoms with Crippen molar-refractivity contribution in [3.05, 3.63) is 52.2 Å². The Morgan fingerprint density at radius 2 is 2.00 bits per heavy atom. The number of amides is 1. The number of nitrogens with one attached hydrogen (secondary N) is 1. The molecule has 19 heavy (non-hydrogen) atoms. The zero-order valence-corrected chi connectivity index (χ0v) is 11.3. The average molecular weight is 259 g/mol. The van der Waals surface area contributed by atoms with Crippen molar-refractivity contribution in [1.29, 1.82) is 0 Å². The molecule has 2 aromatic heterocycles. The van der Waals surface area contributed by atoms with Crippen LogP contribution in [0.1, 0.15) is 23.1 Å². The Hall–Kier alpha value is -2.30. The Morgan fingerprint density at radius 3 is 2.58 bits per heavy atom. The molecule has 1 amide bonds. The summed E-state index contributed by atoms with van der Waals surface area (Å²) >= 11 is 0. The summed E-state index contributed by atoms with van der Waals surface area (Å²) in [7, 11) is 1.84. The second-order valence-corrected chi connectivity index (χ2v) is 4.42. The van der Waals surface area contributed by atoms with Crippen molar-refractivity contribution in [3.8, 4) is 0 Å². The molecule has 1 N–H and O–H groups in total. The number of carbonyl (C=O) groups excluding carboxylic acids is 1. The lowest BCUT2D eigenvalue weighted by molar-refractivity contribution is 0.101. The van der Waals surface area contributed by atoms with Crippen LogP contribution in [0.3, 0.4) is 0 Å². The summed E-state index contributed by atoms with van der Waals surface area (Å²) in [5.41, 5.74) is 2.15. The highest BCUT2D eigenvalue weighted by molar-refractivity contribution is 6.03. The first kappa shape index (κ1) is 13.1. The van der Waals surface area contributed by atoms with Gasteiger partial charge in [0.15, 0.2) is 0 Å². The van der Waals surface area contributed by atoms with Crippen molar-refractivity contribution in [2.75, 3.05) is 5.32 Å². The van der Waals surface area contributed by atoms with Gasteiger partial charge in [-0.3, -0.25) is 9.59 Å². The third-order valence-corrected chi connectivity index (χ3v) is 3.19. The number of nitrogens with zero attached hydrogens (tertiary/aromatic N) is 2. The Morgan fingerprint density at radius 1 is 1.26 bits per heavy atom. The van der Waals surface area contributed by atoms with Crippen molar-refractivity contribution in [3.63, 3.8) is 0 Å². The molecule has 0 bridgehead atoms. The van der Waals surface area contributed by atoms with E-state index in [0.717, 1.165) is 5.69 Å². The van der Waals surface area contributed by atoms with Gasteiger partial charge in [0, 0.05) is 31.5 Å². The number of hydrogen-bond donors (Lipinski definition) is 1. The molecule has 0 radical (unpaired) electrons. The fraction of sp³-hybridized carbons (Fsp3) is 0.286. The molecule has 2 rings (SSSR count). The van der Waals surface area contributed by atoms with E-state index in [9.17, 15) is 9.59 Å². The normalized spacial score (nSPS) is 10.5. The van der Waals surface area contributed by atoms with E-state index in [4.69, 9.17) is 0 Å². The fourth-order valence-electron chi connectivity index (χ4n) is 1.89. The van der Waals surface area contributed by atoms with Crippen LogP contribution in [0.5, 0.6) is 0 Å². The Balaban J connectivity index is 2.24. The third kappa shape index (κ3) is 2.59. The number of hydrogen-bond acceptors (Lipinski definition) is 2. The Labute approximate surface area is 111 Å². The molecule has 2 heterocycles. The highest BCUT2D eigenvalue weighted by Crippen LogP contribution is 2.10. The van der Waals surface area contributed by atoms with Crippen LogP contribution in [0.25, 0.3) is 0 Å². The van der Waals surface area contributed by atoms with E-state index >= 15 is 0 Å². The molecule has 0 atom stereocenters. The van der Waals surface area contributed by atoms with Crippen LogP contribution in [0.4, 0.5) is 5.69 Å². The number of rotatable bonds is 3. The number of pyridine rings is 1. The van der Waals surface area contributed by atoms with E-state index in [1.165, 1.54) is 6.07 Å². The molecule has 100 valence electrons. The van der Waals surface area contributed by atoms with Crippen LogP contribution < -0.4 is 10.9 Å². The van der Waals surface area contributed by atoms with E-state index in [2.05, 4.69) is 5.32 Å². The lowest BCUT2D eigenvalue weighted by atomic mass is 10.3. The molecule has 0 aliphatic rings. The standard InChI is InChI=1S/C14H17N3O2/c1-4-17-9-11(6-8-13(17)18)15-14(19)12-7-5-10(2)16(12)3/h5-9H,4H2,1-3H3,(H,15,19). The highest BCUT2D eigenvalue weighted by atomic mass is 16.2. The lowest BCUT2D eigenvalue weighted by Crippen LogP contribution is -2.20. The minimum atomic E-state index is -0.183. The first-order chi connectivity index (χ1) is 9.02.